The van der Waals surface area contributed by atoms with Gasteiger partial charge in [-0.3, -0.25) is 14.3 Å². The average molecular weight is 452 g/mol. The van der Waals surface area contributed by atoms with E-state index in [0.717, 1.165) is 53.5 Å². The van der Waals surface area contributed by atoms with Crippen molar-refractivity contribution in [3.63, 3.8) is 0 Å². The zero-order valence-electron chi connectivity index (χ0n) is 19.6. The maximum Gasteiger partial charge on any atom is 0.259 e. The van der Waals surface area contributed by atoms with Crippen LogP contribution in [0.15, 0.2) is 89.7 Å². The Hall–Kier alpha value is -3.70. The first kappa shape index (κ1) is 22.1. The van der Waals surface area contributed by atoms with Gasteiger partial charge in [0.2, 0.25) is 0 Å². The molecule has 4 aromatic rings. The fourth-order valence-corrected chi connectivity index (χ4v) is 4.85. The fourth-order valence-electron chi connectivity index (χ4n) is 4.85. The Morgan fingerprint density at radius 1 is 0.912 bits per heavy atom. The molecule has 0 bridgehead atoms. The molecule has 1 aliphatic heterocycles. The van der Waals surface area contributed by atoms with Gasteiger partial charge >= 0.3 is 0 Å². The van der Waals surface area contributed by atoms with Gasteiger partial charge in [0.05, 0.1) is 24.4 Å². The molecule has 0 saturated carbocycles. The zero-order valence-corrected chi connectivity index (χ0v) is 19.6. The quantitative estimate of drug-likeness (QED) is 0.424. The molecule has 34 heavy (non-hydrogen) atoms. The van der Waals surface area contributed by atoms with Crippen molar-refractivity contribution in [1.29, 1.82) is 0 Å². The lowest BCUT2D eigenvalue weighted by atomic mass is 9.97. The van der Waals surface area contributed by atoms with Crippen molar-refractivity contribution in [2.45, 2.75) is 32.5 Å². The predicted octanol–water partition coefficient (Wildman–Crippen LogP) is 4.76. The SMILES string of the molecule is COc1ccc(CN2CCc3nc(C)n(C(c4ccccc4)c4ccccc4)c(=O)c3C2)cc1. The van der Waals surface area contributed by atoms with Gasteiger partial charge in [-0.25, -0.2) is 4.98 Å². The van der Waals surface area contributed by atoms with Crippen LogP contribution in [0.3, 0.4) is 0 Å². The van der Waals surface area contributed by atoms with Crippen LogP contribution in [0.4, 0.5) is 0 Å². The van der Waals surface area contributed by atoms with Crippen LogP contribution >= 0.6 is 0 Å². The van der Waals surface area contributed by atoms with E-state index in [-0.39, 0.29) is 11.6 Å². The van der Waals surface area contributed by atoms with Gasteiger partial charge in [-0.15, -0.1) is 0 Å². The molecular formula is C29H29N3O2. The van der Waals surface area contributed by atoms with E-state index in [1.54, 1.807) is 7.11 Å². The zero-order chi connectivity index (χ0) is 23.5. The Kier molecular flexibility index (Phi) is 6.28. The summed E-state index contributed by atoms with van der Waals surface area (Å²) < 4.78 is 7.15. The molecule has 0 atom stereocenters. The molecule has 1 aliphatic rings. The summed E-state index contributed by atoms with van der Waals surface area (Å²) in [6.07, 6.45) is 0.781. The predicted molar refractivity (Wildman–Crippen MR) is 134 cm³/mol. The lowest BCUT2D eigenvalue weighted by molar-refractivity contribution is 0.240. The minimum Gasteiger partial charge on any atom is -0.497 e. The van der Waals surface area contributed by atoms with E-state index in [1.807, 2.05) is 60.0 Å². The van der Waals surface area contributed by atoms with Gasteiger partial charge in [-0.05, 0) is 35.7 Å². The van der Waals surface area contributed by atoms with Crippen LogP contribution in [0.5, 0.6) is 5.75 Å². The molecule has 0 unspecified atom stereocenters. The van der Waals surface area contributed by atoms with Gasteiger partial charge in [0.1, 0.15) is 11.6 Å². The number of rotatable bonds is 6. The standard InChI is InChI=1S/C29H29N3O2/c1-21-30-27-17-18-31(19-22-13-15-25(34-2)16-14-22)20-26(27)29(33)32(21)28(23-9-5-3-6-10-23)24-11-7-4-8-12-24/h3-16,28H,17-20H2,1-2H3. The van der Waals surface area contributed by atoms with E-state index in [0.29, 0.717) is 6.54 Å². The smallest absolute Gasteiger partial charge is 0.259 e. The Morgan fingerprint density at radius 2 is 1.53 bits per heavy atom. The van der Waals surface area contributed by atoms with Crippen LogP contribution in [-0.2, 0) is 19.5 Å². The molecule has 0 saturated heterocycles. The number of hydrogen-bond acceptors (Lipinski definition) is 4. The van der Waals surface area contributed by atoms with Crippen molar-refractivity contribution < 1.29 is 4.74 Å². The minimum absolute atomic E-state index is 0.0552. The van der Waals surface area contributed by atoms with Crippen molar-refractivity contribution in [3.8, 4) is 5.75 Å². The minimum atomic E-state index is -0.218. The van der Waals surface area contributed by atoms with Gasteiger partial charge in [0.15, 0.2) is 0 Å². The highest BCUT2D eigenvalue weighted by molar-refractivity contribution is 5.35. The van der Waals surface area contributed by atoms with Gasteiger partial charge in [-0.2, -0.15) is 0 Å². The fraction of sp³-hybridized carbons (Fsp3) is 0.241. The topological polar surface area (TPSA) is 47.4 Å². The first-order chi connectivity index (χ1) is 16.6. The van der Waals surface area contributed by atoms with Crippen molar-refractivity contribution in [3.05, 3.63) is 129 Å². The molecule has 0 spiro atoms. The molecule has 0 aliphatic carbocycles. The highest BCUT2D eigenvalue weighted by atomic mass is 16.5. The number of methoxy groups -OCH3 is 1. The molecule has 5 nitrogen and oxygen atoms in total. The molecule has 0 radical (unpaired) electrons. The summed E-state index contributed by atoms with van der Waals surface area (Å²) in [4.78, 5) is 21.2. The molecular weight excluding hydrogens is 422 g/mol. The van der Waals surface area contributed by atoms with Gasteiger partial charge in [0, 0.05) is 26.1 Å². The Bertz CT molecular complexity index is 1280. The van der Waals surface area contributed by atoms with Crippen molar-refractivity contribution in [2.75, 3.05) is 13.7 Å². The number of aryl methyl sites for hydroxylation is 1. The molecule has 5 rings (SSSR count). The van der Waals surface area contributed by atoms with Gasteiger partial charge in [-0.1, -0.05) is 72.8 Å². The van der Waals surface area contributed by atoms with Crippen molar-refractivity contribution in [1.82, 2.24) is 14.5 Å². The Balaban J connectivity index is 1.52. The Morgan fingerprint density at radius 3 is 2.12 bits per heavy atom. The van der Waals surface area contributed by atoms with Gasteiger partial charge < -0.3 is 4.74 Å². The maximum atomic E-state index is 14.0. The van der Waals surface area contributed by atoms with E-state index in [9.17, 15) is 4.79 Å². The van der Waals surface area contributed by atoms with Crippen molar-refractivity contribution in [2.24, 2.45) is 0 Å². The van der Waals surface area contributed by atoms with E-state index < -0.39 is 0 Å². The summed E-state index contributed by atoms with van der Waals surface area (Å²) in [5, 5.41) is 0. The highest BCUT2D eigenvalue weighted by Gasteiger charge is 2.27. The van der Waals surface area contributed by atoms with E-state index in [4.69, 9.17) is 9.72 Å². The molecule has 1 aromatic heterocycles. The molecule has 0 fully saturated rings. The third-order valence-electron chi connectivity index (χ3n) is 6.57. The maximum absolute atomic E-state index is 14.0. The van der Waals surface area contributed by atoms with Crippen molar-refractivity contribution >= 4 is 0 Å². The highest BCUT2D eigenvalue weighted by Crippen LogP contribution is 2.27. The first-order valence-electron chi connectivity index (χ1n) is 11.7. The Labute approximate surface area is 200 Å². The normalized spacial score (nSPS) is 13.6. The monoisotopic (exact) mass is 451 g/mol. The number of aromatic nitrogens is 2. The summed E-state index contributed by atoms with van der Waals surface area (Å²) in [6, 6.07) is 28.3. The van der Waals surface area contributed by atoms with Crippen LogP contribution in [0.25, 0.3) is 0 Å². The van der Waals surface area contributed by atoms with E-state index >= 15 is 0 Å². The molecule has 5 heteroatoms. The second-order valence-corrected chi connectivity index (χ2v) is 8.79. The number of fused-ring (bicyclic) bond motifs is 1. The number of benzene rings is 3. The summed E-state index contributed by atoms with van der Waals surface area (Å²) in [7, 11) is 1.68. The molecule has 3 aromatic carbocycles. The average Bonchev–Trinajstić information content (AvgIpc) is 2.88. The van der Waals surface area contributed by atoms with Crippen LogP contribution in [0.2, 0.25) is 0 Å². The van der Waals surface area contributed by atoms with E-state index in [2.05, 4.69) is 41.3 Å². The molecule has 172 valence electrons. The lowest BCUT2D eigenvalue weighted by Gasteiger charge is -2.30. The van der Waals surface area contributed by atoms with Crippen LogP contribution in [0.1, 0.15) is 39.8 Å². The lowest BCUT2D eigenvalue weighted by Crippen LogP contribution is -2.40. The largest absolute Gasteiger partial charge is 0.497 e. The third kappa shape index (κ3) is 4.39. The van der Waals surface area contributed by atoms with E-state index in [1.165, 1.54) is 5.56 Å². The second-order valence-electron chi connectivity index (χ2n) is 8.79. The molecule has 2 heterocycles. The summed E-state index contributed by atoms with van der Waals surface area (Å²) >= 11 is 0. The van der Waals surface area contributed by atoms with Crippen LogP contribution in [-0.4, -0.2) is 28.1 Å². The second kappa shape index (κ2) is 9.65. The van der Waals surface area contributed by atoms with Gasteiger partial charge in [0.25, 0.3) is 5.56 Å². The third-order valence-corrected chi connectivity index (χ3v) is 6.57. The molecule has 0 amide bonds. The molecule has 0 N–H and O–H groups in total. The van der Waals surface area contributed by atoms with Crippen LogP contribution in [0, 0.1) is 6.92 Å². The first-order valence-corrected chi connectivity index (χ1v) is 11.7. The number of ether oxygens (including phenoxy) is 1. The van der Waals surface area contributed by atoms with Crippen LogP contribution < -0.4 is 10.3 Å². The number of nitrogens with zero attached hydrogens (tertiary/aromatic N) is 3. The summed E-state index contributed by atoms with van der Waals surface area (Å²) in [6.45, 7) is 4.22. The summed E-state index contributed by atoms with van der Waals surface area (Å²) in [5.41, 5.74) is 5.15. The summed E-state index contributed by atoms with van der Waals surface area (Å²) in [5.74, 6) is 1.60. The number of hydrogen-bond donors (Lipinski definition) is 0.